The van der Waals surface area contributed by atoms with Gasteiger partial charge >= 0.3 is 6.09 Å². The van der Waals surface area contributed by atoms with E-state index in [2.05, 4.69) is 25.7 Å². The van der Waals surface area contributed by atoms with Crippen molar-refractivity contribution in [3.8, 4) is 0 Å². The maximum atomic E-state index is 11.2. The molecule has 0 saturated carbocycles. The summed E-state index contributed by atoms with van der Waals surface area (Å²) in [4.78, 5) is 15.8. The maximum absolute atomic E-state index is 11.2. The van der Waals surface area contributed by atoms with Gasteiger partial charge in [-0.05, 0) is 51.5 Å². The van der Waals surface area contributed by atoms with Crippen molar-refractivity contribution in [1.82, 2.24) is 10.6 Å². The van der Waals surface area contributed by atoms with E-state index in [1.54, 1.807) is 19.1 Å². The van der Waals surface area contributed by atoms with Crippen molar-refractivity contribution < 1.29 is 19.1 Å². The third-order valence-corrected chi connectivity index (χ3v) is 4.37. The summed E-state index contributed by atoms with van der Waals surface area (Å²) in [6, 6.07) is 9.19. The molecular weight excluding hydrogens is 372 g/mol. The van der Waals surface area contributed by atoms with Gasteiger partial charge in [0.1, 0.15) is 17.1 Å². The average Bonchev–Trinajstić information content (AvgIpc) is 3.04. The molecule has 0 aliphatic rings. The van der Waals surface area contributed by atoms with Gasteiger partial charge in [0.15, 0.2) is 5.96 Å². The largest absolute Gasteiger partial charge is 0.466 e. The Morgan fingerprint density at radius 2 is 1.93 bits per heavy atom. The second kappa shape index (κ2) is 9.97. The van der Waals surface area contributed by atoms with Crippen molar-refractivity contribution in [3.05, 3.63) is 53.0 Å². The number of nitrogens with one attached hydrogen (secondary N) is 3. The SMILES string of the molecule is CCNC(=NCc1ccc(NC(=O)OC)cc1)NCC(C)(O)c1cc(C)oc1C. The Balaban J connectivity index is 2.00. The van der Waals surface area contributed by atoms with Crippen molar-refractivity contribution in [3.63, 3.8) is 0 Å². The third kappa shape index (κ3) is 6.53. The predicted octanol–water partition coefficient (Wildman–Crippen LogP) is 3.04. The molecule has 1 heterocycles. The van der Waals surface area contributed by atoms with Crippen LogP contribution in [0.25, 0.3) is 0 Å². The fourth-order valence-electron chi connectivity index (χ4n) is 2.89. The van der Waals surface area contributed by atoms with E-state index in [0.717, 1.165) is 16.9 Å². The zero-order chi connectivity index (χ0) is 21.4. The van der Waals surface area contributed by atoms with Gasteiger partial charge < -0.3 is 24.9 Å². The van der Waals surface area contributed by atoms with Gasteiger partial charge in [-0.15, -0.1) is 0 Å². The molecule has 0 aliphatic carbocycles. The summed E-state index contributed by atoms with van der Waals surface area (Å²) in [6.45, 7) is 8.84. The van der Waals surface area contributed by atoms with Crippen LogP contribution in [0.3, 0.4) is 0 Å². The number of amides is 1. The first-order valence-electron chi connectivity index (χ1n) is 9.51. The lowest BCUT2D eigenvalue weighted by Gasteiger charge is -2.24. The number of ether oxygens (including phenoxy) is 1. The number of carbonyl (C=O) groups excluding carboxylic acids is 1. The molecular formula is C21H30N4O4. The van der Waals surface area contributed by atoms with Crippen molar-refractivity contribution in [2.24, 2.45) is 4.99 Å². The summed E-state index contributed by atoms with van der Waals surface area (Å²) < 4.78 is 10.1. The van der Waals surface area contributed by atoms with Gasteiger partial charge in [-0.3, -0.25) is 5.32 Å². The molecule has 8 heteroatoms. The van der Waals surface area contributed by atoms with Crippen LogP contribution in [-0.2, 0) is 16.9 Å². The number of aliphatic imine (C=N–C) groups is 1. The molecule has 0 fully saturated rings. The molecule has 2 rings (SSSR count). The molecule has 1 unspecified atom stereocenters. The molecule has 1 amide bonds. The van der Waals surface area contributed by atoms with Crippen LogP contribution in [0.1, 0.15) is 36.5 Å². The summed E-state index contributed by atoms with van der Waals surface area (Å²) >= 11 is 0. The Bertz CT molecular complexity index is 841. The molecule has 1 aromatic carbocycles. The Kier molecular flexibility index (Phi) is 7.67. The molecule has 1 atom stereocenters. The zero-order valence-electron chi connectivity index (χ0n) is 17.6. The first-order chi connectivity index (χ1) is 13.7. The van der Waals surface area contributed by atoms with Gasteiger partial charge in [0, 0.05) is 17.8 Å². The highest BCUT2D eigenvalue weighted by Crippen LogP contribution is 2.26. The van der Waals surface area contributed by atoms with Gasteiger partial charge in [0.25, 0.3) is 0 Å². The highest BCUT2D eigenvalue weighted by Gasteiger charge is 2.27. The molecule has 1 aromatic heterocycles. The number of aliphatic hydroxyl groups is 1. The number of benzene rings is 1. The summed E-state index contributed by atoms with van der Waals surface area (Å²) in [6.07, 6.45) is -0.510. The molecule has 0 spiro atoms. The Morgan fingerprint density at radius 1 is 1.24 bits per heavy atom. The van der Waals surface area contributed by atoms with E-state index >= 15 is 0 Å². The minimum Gasteiger partial charge on any atom is -0.466 e. The number of hydrogen-bond donors (Lipinski definition) is 4. The van der Waals surface area contributed by atoms with E-state index in [1.807, 2.05) is 39.0 Å². The van der Waals surface area contributed by atoms with Gasteiger partial charge in [-0.2, -0.15) is 0 Å². The normalized spacial score (nSPS) is 13.5. The van der Waals surface area contributed by atoms with E-state index in [4.69, 9.17) is 4.42 Å². The summed E-state index contributed by atoms with van der Waals surface area (Å²) in [5.41, 5.74) is 1.29. The first-order valence-corrected chi connectivity index (χ1v) is 9.51. The van der Waals surface area contributed by atoms with Crippen LogP contribution in [0.5, 0.6) is 0 Å². The van der Waals surface area contributed by atoms with Gasteiger partial charge in [-0.25, -0.2) is 9.79 Å². The molecule has 158 valence electrons. The number of carbonyl (C=O) groups is 1. The molecule has 4 N–H and O–H groups in total. The van der Waals surface area contributed by atoms with Gasteiger partial charge in [0.2, 0.25) is 0 Å². The zero-order valence-corrected chi connectivity index (χ0v) is 17.6. The number of guanidine groups is 1. The van der Waals surface area contributed by atoms with Crippen LogP contribution in [0.2, 0.25) is 0 Å². The van der Waals surface area contributed by atoms with Crippen LogP contribution in [0.15, 0.2) is 39.7 Å². The van der Waals surface area contributed by atoms with Crippen LogP contribution in [-0.4, -0.2) is 37.4 Å². The molecule has 0 saturated heterocycles. The molecule has 2 aromatic rings. The van der Waals surface area contributed by atoms with E-state index in [9.17, 15) is 9.90 Å². The average molecular weight is 402 g/mol. The number of nitrogens with zero attached hydrogens (tertiary/aromatic N) is 1. The lowest BCUT2D eigenvalue weighted by molar-refractivity contribution is 0.0601. The molecule has 0 bridgehead atoms. The van der Waals surface area contributed by atoms with Gasteiger partial charge in [0.05, 0.1) is 20.2 Å². The Labute approximate surface area is 171 Å². The molecule has 0 radical (unpaired) electrons. The Morgan fingerprint density at radius 3 is 2.48 bits per heavy atom. The van der Waals surface area contributed by atoms with E-state index in [0.29, 0.717) is 30.5 Å². The number of hydrogen-bond acceptors (Lipinski definition) is 5. The minimum atomic E-state index is -1.10. The summed E-state index contributed by atoms with van der Waals surface area (Å²) in [5, 5.41) is 19.8. The smallest absolute Gasteiger partial charge is 0.411 e. The number of aryl methyl sites for hydroxylation is 2. The van der Waals surface area contributed by atoms with Crippen molar-refractivity contribution in [1.29, 1.82) is 0 Å². The standard InChI is InChI=1S/C21H30N4O4/c1-6-22-19(24-13-21(4,27)18-11-14(2)29-15(18)3)23-12-16-7-9-17(10-8-16)25-20(26)28-5/h7-11,27H,6,12-13H2,1-5H3,(H,25,26)(H2,22,23,24). The molecule has 8 nitrogen and oxygen atoms in total. The highest BCUT2D eigenvalue weighted by atomic mass is 16.5. The Hall–Kier alpha value is -3.00. The maximum Gasteiger partial charge on any atom is 0.411 e. The lowest BCUT2D eigenvalue weighted by atomic mass is 9.96. The fourth-order valence-corrected chi connectivity index (χ4v) is 2.89. The number of rotatable bonds is 7. The van der Waals surface area contributed by atoms with E-state index < -0.39 is 11.7 Å². The topological polar surface area (TPSA) is 108 Å². The monoisotopic (exact) mass is 402 g/mol. The lowest BCUT2D eigenvalue weighted by Crippen LogP contribution is -2.44. The van der Waals surface area contributed by atoms with Crippen LogP contribution >= 0.6 is 0 Å². The van der Waals surface area contributed by atoms with Crippen LogP contribution in [0.4, 0.5) is 10.5 Å². The summed E-state index contributed by atoms with van der Waals surface area (Å²) in [5.74, 6) is 2.07. The highest BCUT2D eigenvalue weighted by molar-refractivity contribution is 5.84. The third-order valence-electron chi connectivity index (χ3n) is 4.37. The second-order valence-electron chi connectivity index (χ2n) is 6.96. The number of furan rings is 1. The minimum absolute atomic E-state index is 0.278. The van der Waals surface area contributed by atoms with Crippen molar-refractivity contribution >= 4 is 17.7 Å². The molecule has 29 heavy (non-hydrogen) atoms. The van der Waals surface area contributed by atoms with E-state index in [1.165, 1.54) is 7.11 Å². The quantitative estimate of drug-likeness (QED) is 0.419. The van der Waals surface area contributed by atoms with Crippen LogP contribution in [0, 0.1) is 13.8 Å². The van der Waals surface area contributed by atoms with Crippen molar-refractivity contribution in [2.45, 2.75) is 39.8 Å². The summed E-state index contributed by atoms with van der Waals surface area (Å²) in [7, 11) is 1.32. The van der Waals surface area contributed by atoms with Crippen LogP contribution < -0.4 is 16.0 Å². The first kappa shape index (κ1) is 22.3. The van der Waals surface area contributed by atoms with Gasteiger partial charge in [-0.1, -0.05) is 12.1 Å². The number of anilines is 1. The number of methoxy groups -OCH3 is 1. The van der Waals surface area contributed by atoms with E-state index in [-0.39, 0.29) is 6.54 Å². The van der Waals surface area contributed by atoms with Crippen molar-refractivity contribution in [2.75, 3.05) is 25.5 Å². The fraction of sp³-hybridized carbons (Fsp3) is 0.429. The predicted molar refractivity (Wildman–Crippen MR) is 113 cm³/mol. The molecule has 0 aliphatic heterocycles. The second-order valence-corrected chi connectivity index (χ2v) is 6.96.